The maximum atomic E-state index is 10.9. The van der Waals surface area contributed by atoms with Crippen molar-refractivity contribution in [3.63, 3.8) is 0 Å². The lowest BCUT2D eigenvalue weighted by Crippen LogP contribution is -2.42. The maximum Gasteiger partial charge on any atom is 0.328 e. The maximum absolute atomic E-state index is 10.9. The monoisotopic (exact) mass is 288 g/mol. The molecule has 3 N–H and O–H groups in total. The van der Waals surface area contributed by atoms with E-state index in [0.29, 0.717) is 4.47 Å². The highest BCUT2D eigenvalue weighted by atomic mass is 79.9. The Kier molecular flexibility index (Phi) is 3.30. The summed E-state index contributed by atoms with van der Waals surface area (Å²) < 4.78 is 0.533. The van der Waals surface area contributed by atoms with E-state index in [2.05, 4.69) is 15.9 Å². The van der Waals surface area contributed by atoms with E-state index in [1.165, 1.54) is 25.1 Å². The lowest BCUT2D eigenvalue weighted by Gasteiger charge is -2.19. The van der Waals surface area contributed by atoms with Crippen LogP contribution in [0.25, 0.3) is 0 Å². The van der Waals surface area contributed by atoms with Gasteiger partial charge >= 0.3 is 5.97 Å². The van der Waals surface area contributed by atoms with Crippen molar-refractivity contribution in [2.45, 2.75) is 12.5 Å². The second-order valence-electron chi connectivity index (χ2n) is 3.43. The summed E-state index contributed by atoms with van der Waals surface area (Å²) in [7, 11) is 0. The van der Waals surface area contributed by atoms with E-state index in [9.17, 15) is 14.9 Å². The van der Waals surface area contributed by atoms with Gasteiger partial charge < -0.3 is 10.8 Å². The van der Waals surface area contributed by atoms with Gasteiger partial charge in [0.05, 0.1) is 10.5 Å². The molecular weight excluding hydrogens is 280 g/mol. The Bertz CT molecular complexity index is 459. The van der Waals surface area contributed by atoms with E-state index in [4.69, 9.17) is 10.8 Å². The molecule has 1 aromatic rings. The second kappa shape index (κ2) is 4.18. The Morgan fingerprint density at radius 2 is 2.19 bits per heavy atom. The standard InChI is InChI=1S/C9H9BrN2O4/c1-9(11,8(13)14)6-4-5(10)2-3-7(6)12(15)16/h2-4H,11H2,1H3,(H,13,14). The predicted molar refractivity (Wildman–Crippen MR) is 60.0 cm³/mol. The first-order valence-electron chi connectivity index (χ1n) is 4.23. The zero-order chi connectivity index (χ0) is 12.5. The van der Waals surface area contributed by atoms with Crippen molar-refractivity contribution in [2.24, 2.45) is 5.73 Å². The van der Waals surface area contributed by atoms with Gasteiger partial charge in [-0.15, -0.1) is 0 Å². The van der Waals surface area contributed by atoms with Crippen molar-refractivity contribution in [2.75, 3.05) is 0 Å². The van der Waals surface area contributed by atoms with Crippen LogP contribution in [-0.4, -0.2) is 16.0 Å². The smallest absolute Gasteiger partial charge is 0.328 e. The molecular formula is C9H9BrN2O4. The minimum absolute atomic E-state index is 0.0422. The molecule has 1 atom stereocenters. The summed E-state index contributed by atoms with van der Waals surface area (Å²) in [5.41, 5.74) is 3.41. The minimum atomic E-state index is -1.80. The van der Waals surface area contributed by atoms with Crippen molar-refractivity contribution in [3.05, 3.63) is 38.3 Å². The van der Waals surface area contributed by atoms with Crippen LogP contribution in [0, 0.1) is 10.1 Å². The molecule has 1 aromatic carbocycles. The number of aliphatic carboxylic acids is 1. The molecule has 0 aromatic heterocycles. The molecule has 1 rings (SSSR count). The quantitative estimate of drug-likeness (QED) is 0.649. The van der Waals surface area contributed by atoms with Crippen LogP contribution >= 0.6 is 15.9 Å². The number of hydrogen-bond donors (Lipinski definition) is 2. The fourth-order valence-corrected chi connectivity index (χ4v) is 1.56. The fraction of sp³-hybridized carbons (Fsp3) is 0.222. The van der Waals surface area contributed by atoms with Gasteiger partial charge in [0.25, 0.3) is 5.69 Å². The van der Waals surface area contributed by atoms with Gasteiger partial charge in [0.1, 0.15) is 5.54 Å². The fourth-order valence-electron chi connectivity index (χ4n) is 1.20. The third-order valence-electron chi connectivity index (χ3n) is 2.16. The molecule has 0 saturated carbocycles. The first kappa shape index (κ1) is 12.6. The zero-order valence-corrected chi connectivity index (χ0v) is 9.89. The van der Waals surface area contributed by atoms with E-state index in [-0.39, 0.29) is 11.3 Å². The van der Waals surface area contributed by atoms with Gasteiger partial charge in [-0.2, -0.15) is 0 Å². The number of halogens is 1. The van der Waals surface area contributed by atoms with Gasteiger partial charge in [0.2, 0.25) is 0 Å². The van der Waals surface area contributed by atoms with Crippen molar-refractivity contribution >= 4 is 27.6 Å². The van der Waals surface area contributed by atoms with Crippen LogP contribution in [-0.2, 0) is 10.3 Å². The topological polar surface area (TPSA) is 106 Å². The molecule has 0 saturated heterocycles. The molecule has 0 heterocycles. The average Bonchev–Trinajstić information content (AvgIpc) is 2.16. The number of rotatable bonds is 3. The number of hydrogen-bond acceptors (Lipinski definition) is 4. The third-order valence-corrected chi connectivity index (χ3v) is 2.65. The summed E-state index contributed by atoms with van der Waals surface area (Å²) in [6, 6.07) is 4.01. The van der Waals surface area contributed by atoms with Crippen molar-refractivity contribution in [1.82, 2.24) is 0 Å². The van der Waals surface area contributed by atoms with Crippen LogP contribution in [0.15, 0.2) is 22.7 Å². The Morgan fingerprint density at radius 3 is 2.62 bits per heavy atom. The van der Waals surface area contributed by atoms with E-state index < -0.39 is 16.4 Å². The Morgan fingerprint density at radius 1 is 1.62 bits per heavy atom. The SMILES string of the molecule is CC(N)(C(=O)O)c1cc(Br)ccc1[N+](=O)[O-]. The zero-order valence-electron chi connectivity index (χ0n) is 8.31. The largest absolute Gasteiger partial charge is 0.480 e. The summed E-state index contributed by atoms with van der Waals surface area (Å²) >= 11 is 3.12. The molecule has 0 aliphatic carbocycles. The van der Waals surface area contributed by atoms with Crippen molar-refractivity contribution in [3.8, 4) is 0 Å². The van der Waals surface area contributed by atoms with Crippen LogP contribution in [0.4, 0.5) is 5.69 Å². The molecule has 7 heteroatoms. The van der Waals surface area contributed by atoms with Crippen LogP contribution in [0.2, 0.25) is 0 Å². The first-order chi connectivity index (χ1) is 7.26. The highest BCUT2D eigenvalue weighted by Gasteiger charge is 2.36. The molecule has 1 unspecified atom stereocenters. The highest BCUT2D eigenvalue weighted by Crippen LogP contribution is 2.30. The predicted octanol–water partition coefficient (Wildman–Crippen LogP) is 1.62. The summed E-state index contributed by atoms with van der Waals surface area (Å²) in [5.74, 6) is -1.33. The summed E-state index contributed by atoms with van der Waals surface area (Å²) in [5, 5.41) is 19.7. The van der Waals surface area contributed by atoms with E-state index in [1.807, 2.05) is 0 Å². The van der Waals surface area contributed by atoms with Crippen molar-refractivity contribution < 1.29 is 14.8 Å². The van der Waals surface area contributed by atoms with Gasteiger partial charge in [-0.05, 0) is 19.1 Å². The third kappa shape index (κ3) is 2.20. The second-order valence-corrected chi connectivity index (χ2v) is 4.34. The number of carboxylic acids is 1. The lowest BCUT2D eigenvalue weighted by atomic mass is 9.92. The molecule has 86 valence electrons. The summed E-state index contributed by atoms with van der Waals surface area (Å²) in [6.45, 7) is 1.21. The first-order valence-corrected chi connectivity index (χ1v) is 5.03. The van der Waals surface area contributed by atoms with Gasteiger partial charge in [0, 0.05) is 10.5 Å². The van der Waals surface area contributed by atoms with Crippen LogP contribution in [0.1, 0.15) is 12.5 Å². The Labute approximate surface area is 99.3 Å². The van der Waals surface area contributed by atoms with Gasteiger partial charge in [0.15, 0.2) is 0 Å². The van der Waals surface area contributed by atoms with Crippen LogP contribution in [0.5, 0.6) is 0 Å². The number of nitro groups is 1. The minimum Gasteiger partial charge on any atom is -0.480 e. The Hall–Kier alpha value is -1.47. The van der Waals surface area contributed by atoms with E-state index in [1.54, 1.807) is 0 Å². The van der Waals surface area contributed by atoms with Gasteiger partial charge in [-0.1, -0.05) is 15.9 Å². The van der Waals surface area contributed by atoms with E-state index >= 15 is 0 Å². The summed E-state index contributed by atoms with van der Waals surface area (Å²) in [4.78, 5) is 21.0. The molecule has 0 radical (unpaired) electrons. The average molecular weight is 289 g/mol. The molecule has 0 spiro atoms. The van der Waals surface area contributed by atoms with Gasteiger partial charge in [-0.3, -0.25) is 10.1 Å². The van der Waals surface area contributed by atoms with Crippen molar-refractivity contribution in [1.29, 1.82) is 0 Å². The van der Waals surface area contributed by atoms with Crippen LogP contribution in [0.3, 0.4) is 0 Å². The van der Waals surface area contributed by atoms with E-state index in [0.717, 1.165) is 0 Å². The van der Waals surface area contributed by atoms with Crippen LogP contribution < -0.4 is 5.73 Å². The van der Waals surface area contributed by atoms with Gasteiger partial charge in [-0.25, -0.2) is 4.79 Å². The summed E-state index contributed by atoms with van der Waals surface area (Å²) in [6.07, 6.45) is 0. The molecule has 0 fully saturated rings. The molecule has 0 bridgehead atoms. The Balaban J connectivity index is 3.47. The molecule has 16 heavy (non-hydrogen) atoms. The number of nitro benzene ring substituents is 1. The molecule has 0 amide bonds. The number of benzene rings is 1. The number of carbonyl (C=O) groups is 1. The normalized spacial score (nSPS) is 14.2. The number of carboxylic acid groups (broad SMARTS) is 1. The number of nitrogens with two attached hydrogens (primary N) is 1. The molecule has 6 nitrogen and oxygen atoms in total. The lowest BCUT2D eigenvalue weighted by molar-refractivity contribution is -0.386. The highest BCUT2D eigenvalue weighted by molar-refractivity contribution is 9.10. The molecule has 0 aliphatic heterocycles. The number of nitrogens with zero attached hydrogens (tertiary/aromatic N) is 1. The molecule has 0 aliphatic rings.